The number of hydrogen-bond donors (Lipinski definition) is 1. The molecule has 0 saturated heterocycles. The lowest BCUT2D eigenvalue weighted by Gasteiger charge is -2.12. The van der Waals surface area contributed by atoms with Crippen molar-refractivity contribution in [2.75, 3.05) is 0 Å². The van der Waals surface area contributed by atoms with Crippen molar-refractivity contribution in [3.63, 3.8) is 0 Å². The Balaban J connectivity index is 2.45. The van der Waals surface area contributed by atoms with Gasteiger partial charge in [-0.1, -0.05) is 12.1 Å². The van der Waals surface area contributed by atoms with Crippen LogP contribution in [-0.2, 0) is 6.54 Å². The van der Waals surface area contributed by atoms with E-state index in [2.05, 4.69) is 4.74 Å². The van der Waals surface area contributed by atoms with Crippen molar-refractivity contribution in [3.05, 3.63) is 53.8 Å². The van der Waals surface area contributed by atoms with Gasteiger partial charge in [0.15, 0.2) is 0 Å². The fraction of sp³-hybridized carbons (Fsp3) is 0.143. The zero-order valence-corrected chi connectivity index (χ0v) is 10.2. The molecule has 2 nitrogen and oxygen atoms in total. The third-order valence-corrected chi connectivity index (χ3v) is 2.59. The predicted octanol–water partition coefficient (Wildman–Crippen LogP) is 3.85. The highest BCUT2D eigenvalue weighted by Gasteiger charge is 2.31. The zero-order chi connectivity index (χ0) is 14.8. The van der Waals surface area contributed by atoms with E-state index in [-0.39, 0.29) is 12.3 Å². The van der Waals surface area contributed by atoms with Gasteiger partial charge in [-0.05, 0) is 47.0 Å². The van der Waals surface area contributed by atoms with Crippen molar-refractivity contribution >= 4 is 0 Å². The first-order chi connectivity index (χ1) is 9.37. The maximum atomic E-state index is 13.2. The van der Waals surface area contributed by atoms with Crippen molar-refractivity contribution < 1.29 is 22.3 Å². The van der Waals surface area contributed by atoms with Gasteiger partial charge in [0, 0.05) is 6.54 Å². The zero-order valence-electron chi connectivity index (χ0n) is 10.2. The highest BCUT2D eigenvalue weighted by atomic mass is 19.4. The summed E-state index contributed by atoms with van der Waals surface area (Å²) in [6.45, 7) is 0.0529. The molecule has 0 aromatic heterocycles. The number of alkyl halides is 3. The Kier molecular flexibility index (Phi) is 3.94. The quantitative estimate of drug-likeness (QED) is 0.869. The summed E-state index contributed by atoms with van der Waals surface area (Å²) in [4.78, 5) is 0. The summed E-state index contributed by atoms with van der Waals surface area (Å²) in [5, 5.41) is 0. The Morgan fingerprint density at radius 3 is 2.35 bits per heavy atom. The van der Waals surface area contributed by atoms with E-state index in [1.807, 2.05) is 0 Å². The molecule has 20 heavy (non-hydrogen) atoms. The molecule has 2 aromatic rings. The van der Waals surface area contributed by atoms with Crippen LogP contribution in [0.1, 0.15) is 5.56 Å². The minimum Gasteiger partial charge on any atom is -0.406 e. The Morgan fingerprint density at radius 2 is 1.75 bits per heavy atom. The van der Waals surface area contributed by atoms with Crippen LogP contribution in [0.15, 0.2) is 42.5 Å². The molecule has 0 unspecified atom stereocenters. The smallest absolute Gasteiger partial charge is 0.406 e. The summed E-state index contributed by atoms with van der Waals surface area (Å²) in [6, 6.07) is 9.55. The van der Waals surface area contributed by atoms with Crippen molar-refractivity contribution in [2.24, 2.45) is 5.73 Å². The molecule has 106 valence electrons. The van der Waals surface area contributed by atoms with E-state index in [1.54, 1.807) is 12.1 Å². The van der Waals surface area contributed by atoms with Gasteiger partial charge in [0.2, 0.25) is 0 Å². The van der Waals surface area contributed by atoms with Gasteiger partial charge in [-0.3, -0.25) is 0 Å². The molecule has 2 aromatic carbocycles. The molecule has 6 heteroatoms. The van der Waals surface area contributed by atoms with Crippen molar-refractivity contribution in [2.45, 2.75) is 12.9 Å². The van der Waals surface area contributed by atoms with Crippen LogP contribution in [0, 0.1) is 5.82 Å². The van der Waals surface area contributed by atoms with E-state index >= 15 is 0 Å². The van der Waals surface area contributed by atoms with Crippen molar-refractivity contribution in [3.8, 4) is 16.9 Å². The van der Waals surface area contributed by atoms with E-state index in [9.17, 15) is 17.6 Å². The Hall–Kier alpha value is -2.08. The Bertz CT molecular complexity index is 610. The Labute approximate surface area is 112 Å². The predicted molar refractivity (Wildman–Crippen MR) is 66.4 cm³/mol. The van der Waals surface area contributed by atoms with E-state index in [0.29, 0.717) is 16.7 Å². The molecule has 0 atom stereocenters. The monoisotopic (exact) mass is 285 g/mol. The second-order valence-corrected chi connectivity index (χ2v) is 4.13. The fourth-order valence-electron chi connectivity index (χ4n) is 1.81. The number of benzene rings is 2. The van der Waals surface area contributed by atoms with Crippen molar-refractivity contribution in [1.82, 2.24) is 0 Å². The van der Waals surface area contributed by atoms with Crippen LogP contribution in [0.4, 0.5) is 17.6 Å². The molecule has 0 spiro atoms. The molecule has 0 aliphatic carbocycles. The molecule has 0 radical (unpaired) electrons. The number of ether oxygens (including phenoxy) is 1. The van der Waals surface area contributed by atoms with E-state index in [1.165, 1.54) is 30.3 Å². The van der Waals surface area contributed by atoms with Crippen LogP contribution in [0.5, 0.6) is 5.75 Å². The minimum absolute atomic E-state index is 0.0529. The maximum Gasteiger partial charge on any atom is 0.573 e. The summed E-state index contributed by atoms with van der Waals surface area (Å²) in [7, 11) is 0. The number of halogens is 4. The van der Waals surface area contributed by atoms with Gasteiger partial charge in [-0.25, -0.2) is 4.39 Å². The summed E-state index contributed by atoms with van der Waals surface area (Å²) in [5.74, 6) is -0.848. The van der Waals surface area contributed by atoms with Crippen LogP contribution in [0.25, 0.3) is 11.1 Å². The molecule has 0 aliphatic heterocycles. The maximum absolute atomic E-state index is 13.2. The highest BCUT2D eigenvalue weighted by molar-refractivity contribution is 5.66. The average molecular weight is 285 g/mol. The fourth-order valence-corrected chi connectivity index (χ4v) is 1.81. The lowest BCUT2D eigenvalue weighted by molar-refractivity contribution is -0.274. The molecular formula is C14H11F4NO. The average Bonchev–Trinajstić information content (AvgIpc) is 2.36. The van der Waals surface area contributed by atoms with E-state index in [0.717, 1.165) is 0 Å². The van der Waals surface area contributed by atoms with Crippen LogP contribution >= 0.6 is 0 Å². The molecule has 0 heterocycles. The third-order valence-electron chi connectivity index (χ3n) is 2.59. The first-order valence-corrected chi connectivity index (χ1v) is 5.73. The third kappa shape index (κ3) is 3.71. The topological polar surface area (TPSA) is 35.2 Å². The first-order valence-electron chi connectivity index (χ1n) is 5.73. The van der Waals surface area contributed by atoms with Crippen LogP contribution in [0.3, 0.4) is 0 Å². The summed E-state index contributed by atoms with van der Waals surface area (Å²) >= 11 is 0. The van der Waals surface area contributed by atoms with Gasteiger partial charge >= 0.3 is 6.36 Å². The minimum atomic E-state index is -4.79. The van der Waals surface area contributed by atoms with E-state index in [4.69, 9.17) is 5.73 Å². The molecular weight excluding hydrogens is 274 g/mol. The van der Waals surface area contributed by atoms with Crippen molar-refractivity contribution in [1.29, 1.82) is 0 Å². The Morgan fingerprint density at radius 1 is 1.00 bits per heavy atom. The van der Waals surface area contributed by atoms with Gasteiger partial charge in [0.25, 0.3) is 0 Å². The van der Waals surface area contributed by atoms with Gasteiger partial charge in [-0.15, -0.1) is 13.2 Å². The van der Waals surface area contributed by atoms with Gasteiger partial charge in [-0.2, -0.15) is 0 Å². The normalized spacial score (nSPS) is 11.4. The second kappa shape index (κ2) is 5.50. The summed E-state index contributed by atoms with van der Waals surface area (Å²) < 4.78 is 53.8. The highest BCUT2D eigenvalue weighted by Crippen LogP contribution is 2.30. The van der Waals surface area contributed by atoms with Gasteiger partial charge < -0.3 is 10.5 Å². The molecule has 0 bridgehead atoms. The summed E-state index contributed by atoms with van der Waals surface area (Å²) in [5.41, 5.74) is 6.77. The molecule has 0 fully saturated rings. The standard InChI is InChI=1S/C14H11F4NO/c15-12-3-1-2-10(6-12)11-4-9(8-19)5-13(7-11)20-14(16,17)18/h1-7H,8,19H2. The number of hydrogen-bond acceptors (Lipinski definition) is 2. The molecule has 0 amide bonds. The second-order valence-electron chi connectivity index (χ2n) is 4.13. The molecule has 0 aliphatic rings. The van der Waals surface area contributed by atoms with Gasteiger partial charge in [0.1, 0.15) is 11.6 Å². The summed E-state index contributed by atoms with van der Waals surface area (Å²) in [6.07, 6.45) is -4.79. The van der Waals surface area contributed by atoms with Crippen LogP contribution < -0.4 is 10.5 Å². The number of rotatable bonds is 3. The molecule has 2 rings (SSSR count). The SMILES string of the molecule is NCc1cc(OC(F)(F)F)cc(-c2cccc(F)c2)c1. The molecule has 0 saturated carbocycles. The van der Waals surface area contributed by atoms with Gasteiger partial charge in [0.05, 0.1) is 0 Å². The first kappa shape index (κ1) is 14.3. The largest absolute Gasteiger partial charge is 0.573 e. The van der Waals surface area contributed by atoms with Crippen LogP contribution in [0.2, 0.25) is 0 Å². The lowest BCUT2D eigenvalue weighted by Crippen LogP contribution is -2.17. The molecule has 2 N–H and O–H groups in total. The van der Waals surface area contributed by atoms with Crippen LogP contribution in [-0.4, -0.2) is 6.36 Å². The van der Waals surface area contributed by atoms with E-state index < -0.39 is 12.2 Å². The number of nitrogens with two attached hydrogens (primary N) is 1. The lowest BCUT2D eigenvalue weighted by atomic mass is 10.0.